The summed E-state index contributed by atoms with van der Waals surface area (Å²) in [6, 6.07) is 6.88. The van der Waals surface area contributed by atoms with E-state index in [1.165, 1.54) is 11.4 Å². The molecule has 1 aromatic carbocycles. The number of aliphatic hydroxyl groups is 1. The molecule has 0 aliphatic rings. The van der Waals surface area contributed by atoms with Crippen molar-refractivity contribution in [3.8, 4) is 0 Å². The van der Waals surface area contributed by atoms with E-state index in [1.807, 2.05) is 0 Å². The molecule has 0 saturated heterocycles. The molecular formula is C13H20N2O3S2. The average Bonchev–Trinajstić information content (AvgIpc) is 2.35. The van der Waals surface area contributed by atoms with Gasteiger partial charge >= 0.3 is 0 Å². The monoisotopic (exact) mass is 316 g/mol. The predicted octanol–water partition coefficient (Wildman–Crippen LogP) is 0.853. The Bertz CT molecular complexity index is 571. The number of aliphatic hydroxyl groups excluding tert-OH is 1. The van der Waals surface area contributed by atoms with E-state index in [2.05, 4.69) is 0 Å². The highest BCUT2D eigenvalue weighted by Crippen LogP contribution is 2.12. The molecule has 0 aliphatic carbocycles. The lowest BCUT2D eigenvalue weighted by atomic mass is 10.1. The van der Waals surface area contributed by atoms with E-state index in [9.17, 15) is 13.5 Å². The third kappa shape index (κ3) is 5.16. The molecule has 1 atom stereocenters. The lowest BCUT2D eigenvalue weighted by Crippen LogP contribution is -2.30. The third-order valence-electron chi connectivity index (χ3n) is 2.90. The second-order valence-electron chi connectivity index (χ2n) is 4.78. The first-order valence-electron chi connectivity index (χ1n) is 6.23. The predicted molar refractivity (Wildman–Crippen MR) is 83.9 cm³/mol. The maximum atomic E-state index is 12.2. The first-order chi connectivity index (χ1) is 9.22. The fourth-order valence-corrected chi connectivity index (χ4v) is 2.97. The van der Waals surface area contributed by atoms with Crippen LogP contribution in [0.3, 0.4) is 0 Å². The Kier molecular flexibility index (Phi) is 6.07. The van der Waals surface area contributed by atoms with Gasteiger partial charge in [-0.3, -0.25) is 0 Å². The van der Waals surface area contributed by atoms with E-state index in [0.717, 1.165) is 0 Å². The minimum Gasteiger partial charge on any atom is -0.393 e. The second kappa shape index (κ2) is 7.12. The standard InChI is InChI=1S/C13H20N2O3S2/c1-10(16)6-7-15(2)20(17,18)9-11-4-3-5-12(8-11)13(14)19/h3-5,8,10,16H,6-7,9H2,1-2H3,(H2,14,19). The third-order valence-corrected chi connectivity index (χ3v) is 4.96. The molecule has 0 spiro atoms. The van der Waals surface area contributed by atoms with Crippen LogP contribution in [0.1, 0.15) is 24.5 Å². The Morgan fingerprint density at radius 3 is 2.70 bits per heavy atom. The molecule has 20 heavy (non-hydrogen) atoms. The first kappa shape index (κ1) is 17.0. The molecule has 5 nitrogen and oxygen atoms in total. The molecule has 0 saturated carbocycles. The van der Waals surface area contributed by atoms with Gasteiger partial charge in [0.2, 0.25) is 10.0 Å². The molecule has 0 heterocycles. The number of sulfonamides is 1. The summed E-state index contributed by atoms with van der Waals surface area (Å²) < 4.78 is 25.6. The van der Waals surface area contributed by atoms with Crippen LogP contribution in [0, 0.1) is 0 Å². The maximum Gasteiger partial charge on any atom is 0.218 e. The number of thiocarbonyl (C=S) groups is 1. The number of nitrogens with two attached hydrogens (primary N) is 1. The van der Waals surface area contributed by atoms with E-state index >= 15 is 0 Å². The van der Waals surface area contributed by atoms with Crippen molar-refractivity contribution in [1.82, 2.24) is 4.31 Å². The zero-order chi connectivity index (χ0) is 15.3. The van der Waals surface area contributed by atoms with Gasteiger partial charge in [0.15, 0.2) is 0 Å². The van der Waals surface area contributed by atoms with Crippen molar-refractivity contribution in [2.75, 3.05) is 13.6 Å². The van der Waals surface area contributed by atoms with E-state index in [4.69, 9.17) is 18.0 Å². The lowest BCUT2D eigenvalue weighted by molar-refractivity contribution is 0.177. The van der Waals surface area contributed by atoms with Crippen LogP contribution in [0.25, 0.3) is 0 Å². The number of nitrogens with zero attached hydrogens (tertiary/aromatic N) is 1. The Hall–Kier alpha value is -1.02. The average molecular weight is 316 g/mol. The number of rotatable bonds is 7. The molecule has 1 unspecified atom stereocenters. The molecule has 7 heteroatoms. The van der Waals surface area contributed by atoms with Gasteiger partial charge in [-0.25, -0.2) is 12.7 Å². The van der Waals surface area contributed by atoms with Gasteiger partial charge in [-0.15, -0.1) is 0 Å². The molecule has 0 bridgehead atoms. The fourth-order valence-electron chi connectivity index (χ4n) is 1.64. The second-order valence-corrected chi connectivity index (χ2v) is 7.30. The zero-order valence-corrected chi connectivity index (χ0v) is 13.2. The van der Waals surface area contributed by atoms with E-state index in [0.29, 0.717) is 17.5 Å². The molecule has 0 fully saturated rings. The molecule has 3 N–H and O–H groups in total. The van der Waals surface area contributed by atoms with Crippen molar-refractivity contribution in [2.45, 2.75) is 25.2 Å². The van der Waals surface area contributed by atoms with Crippen LogP contribution in [0.15, 0.2) is 24.3 Å². The Morgan fingerprint density at radius 2 is 2.15 bits per heavy atom. The van der Waals surface area contributed by atoms with Gasteiger partial charge < -0.3 is 10.8 Å². The van der Waals surface area contributed by atoms with Crippen LogP contribution in [0.4, 0.5) is 0 Å². The summed E-state index contributed by atoms with van der Waals surface area (Å²) in [4.78, 5) is 0.242. The molecule has 0 radical (unpaired) electrons. The van der Waals surface area contributed by atoms with Gasteiger partial charge in [0.25, 0.3) is 0 Å². The molecule has 0 aliphatic heterocycles. The van der Waals surface area contributed by atoms with Crippen molar-refractivity contribution in [3.63, 3.8) is 0 Å². The number of hydrogen-bond acceptors (Lipinski definition) is 4. The normalized spacial score (nSPS) is 13.4. The van der Waals surface area contributed by atoms with Gasteiger partial charge in [0.1, 0.15) is 4.99 Å². The highest BCUT2D eigenvalue weighted by molar-refractivity contribution is 7.88. The van der Waals surface area contributed by atoms with Gasteiger partial charge in [0.05, 0.1) is 11.9 Å². The zero-order valence-electron chi connectivity index (χ0n) is 11.6. The number of hydrogen-bond donors (Lipinski definition) is 2. The summed E-state index contributed by atoms with van der Waals surface area (Å²) in [6.45, 7) is 1.92. The van der Waals surface area contributed by atoms with Crippen LogP contribution in [0.2, 0.25) is 0 Å². The highest BCUT2D eigenvalue weighted by atomic mass is 32.2. The lowest BCUT2D eigenvalue weighted by Gasteiger charge is -2.18. The SMILES string of the molecule is CC(O)CCN(C)S(=O)(=O)Cc1cccc(C(N)=S)c1. The van der Waals surface area contributed by atoms with Crippen molar-refractivity contribution >= 4 is 27.2 Å². The molecule has 1 aromatic rings. The Balaban J connectivity index is 2.80. The summed E-state index contributed by atoms with van der Waals surface area (Å²) in [6.07, 6.45) is -0.117. The summed E-state index contributed by atoms with van der Waals surface area (Å²) in [7, 11) is -1.90. The van der Waals surface area contributed by atoms with E-state index < -0.39 is 16.1 Å². The summed E-state index contributed by atoms with van der Waals surface area (Å²) in [5.74, 6) is -0.111. The number of benzene rings is 1. The van der Waals surface area contributed by atoms with Crippen LogP contribution < -0.4 is 5.73 Å². The topological polar surface area (TPSA) is 83.6 Å². The van der Waals surface area contributed by atoms with Crippen LogP contribution >= 0.6 is 12.2 Å². The molecule has 112 valence electrons. The molecule has 0 aromatic heterocycles. The van der Waals surface area contributed by atoms with Gasteiger partial charge in [-0.05, 0) is 25.0 Å². The van der Waals surface area contributed by atoms with E-state index in [1.54, 1.807) is 31.2 Å². The molecule has 0 amide bonds. The first-order valence-corrected chi connectivity index (χ1v) is 8.25. The molecule has 1 rings (SSSR count). The van der Waals surface area contributed by atoms with E-state index in [-0.39, 0.29) is 17.3 Å². The molecular weight excluding hydrogens is 296 g/mol. The largest absolute Gasteiger partial charge is 0.393 e. The summed E-state index contributed by atoms with van der Waals surface area (Å²) in [5.41, 5.74) is 6.82. The van der Waals surface area contributed by atoms with Crippen molar-refractivity contribution in [3.05, 3.63) is 35.4 Å². The smallest absolute Gasteiger partial charge is 0.218 e. The highest BCUT2D eigenvalue weighted by Gasteiger charge is 2.19. The van der Waals surface area contributed by atoms with Crippen molar-refractivity contribution in [1.29, 1.82) is 0 Å². The summed E-state index contributed by atoms with van der Waals surface area (Å²) >= 11 is 4.87. The quantitative estimate of drug-likeness (QED) is 0.729. The van der Waals surface area contributed by atoms with Crippen LogP contribution in [-0.2, 0) is 15.8 Å². The van der Waals surface area contributed by atoms with Gasteiger partial charge in [-0.1, -0.05) is 30.4 Å². The summed E-state index contributed by atoms with van der Waals surface area (Å²) in [5, 5.41) is 9.20. The fraction of sp³-hybridized carbons (Fsp3) is 0.462. The Labute approximate surface area is 125 Å². The van der Waals surface area contributed by atoms with Gasteiger partial charge in [0, 0.05) is 19.2 Å². The minimum absolute atomic E-state index is 0.111. The minimum atomic E-state index is -3.41. The van der Waals surface area contributed by atoms with Crippen molar-refractivity contribution in [2.24, 2.45) is 5.73 Å². The maximum absolute atomic E-state index is 12.2. The Morgan fingerprint density at radius 1 is 1.50 bits per heavy atom. The van der Waals surface area contributed by atoms with Gasteiger partial charge in [-0.2, -0.15) is 0 Å². The van der Waals surface area contributed by atoms with Crippen LogP contribution in [0.5, 0.6) is 0 Å². The van der Waals surface area contributed by atoms with Crippen LogP contribution in [-0.4, -0.2) is 42.5 Å². The van der Waals surface area contributed by atoms with Crippen molar-refractivity contribution < 1.29 is 13.5 Å².